The van der Waals surface area contributed by atoms with Gasteiger partial charge in [0.05, 0.1) is 41.6 Å². The van der Waals surface area contributed by atoms with E-state index in [9.17, 15) is 39.0 Å². The van der Waals surface area contributed by atoms with Crippen molar-refractivity contribution in [2.24, 2.45) is 130 Å². The maximum absolute atomic E-state index is 14.7. The first-order chi connectivity index (χ1) is 27.1. The lowest BCUT2D eigenvalue weighted by atomic mass is 9.39. The van der Waals surface area contributed by atoms with E-state index in [1.165, 1.54) is 0 Å². The minimum atomic E-state index is -0.770. The number of hydrogen-bond acceptors (Lipinski definition) is 10. The van der Waals surface area contributed by atoms with E-state index in [0.717, 1.165) is 51.4 Å². The monoisotopic (exact) mass is 790 g/mol. The van der Waals surface area contributed by atoms with Gasteiger partial charge in [-0.25, -0.2) is 0 Å². The van der Waals surface area contributed by atoms with Crippen molar-refractivity contribution in [1.29, 1.82) is 0 Å². The quantitative estimate of drug-likeness (QED) is 0.186. The van der Waals surface area contributed by atoms with Crippen molar-refractivity contribution >= 4 is 35.8 Å². The predicted octanol–water partition coefficient (Wildman–Crippen LogP) is 5.94. The largest absolute Gasteiger partial charge is 0.481 e. The molecule has 0 radical (unpaired) electrons. The van der Waals surface area contributed by atoms with Crippen LogP contribution in [-0.4, -0.2) is 57.7 Å². The molecule has 23 atom stereocenters. The molecule has 2 aliphatic heterocycles. The van der Waals surface area contributed by atoms with Crippen LogP contribution in [0.15, 0.2) is 0 Å². The fourth-order valence-electron chi connectivity index (χ4n) is 17.7. The molecule has 11 heteroatoms. The number of cyclic esters (lactones) is 4. The molecule has 0 aromatic heterocycles. The summed E-state index contributed by atoms with van der Waals surface area (Å²) in [4.78, 5) is 82.6. The summed E-state index contributed by atoms with van der Waals surface area (Å²) in [5.41, 5.74) is -0.694. The average molecular weight is 791 g/mol. The molecule has 14 aliphatic rings. The molecule has 2 saturated heterocycles. The van der Waals surface area contributed by atoms with Gasteiger partial charge in [0.15, 0.2) is 0 Å². The van der Waals surface area contributed by atoms with Crippen LogP contribution in [0.2, 0.25) is 0 Å². The molecule has 8 bridgehead atoms. The highest BCUT2D eigenvalue weighted by molar-refractivity contribution is 5.98. The van der Waals surface area contributed by atoms with Gasteiger partial charge in [0, 0.05) is 0 Å². The molecule has 23 unspecified atom stereocenters. The SMILES string of the molecule is CC1C2CCC(CC2C(=O)O)C1C1C2CCC(CC2O)C1C1C(=O)OC(=O)C1C1C2CCC(CC2C(=O)OC(C)(C)C)C1C1C(C)C2CCC1C1C(=O)OC(=O)C21. The summed E-state index contributed by atoms with van der Waals surface area (Å²) >= 11 is 0. The maximum atomic E-state index is 14.7. The molecule has 14 rings (SSSR count). The molecular formula is C46H62O11. The molecule has 2 heterocycles. The third kappa shape index (κ3) is 5.57. The second-order valence-electron chi connectivity index (χ2n) is 22.0. The normalized spacial score (nSPS) is 53.5. The Morgan fingerprint density at radius 2 is 1.04 bits per heavy atom. The lowest BCUT2D eigenvalue weighted by Crippen LogP contribution is -2.62. The fourth-order valence-corrected chi connectivity index (χ4v) is 17.7. The van der Waals surface area contributed by atoms with Crippen molar-refractivity contribution in [2.75, 3.05) is 0 Å². The summed E-state index contributed by atoms with van der Waals surface area (Å²) in [5.74, 6) is -6.31. The van der Waals surface area contributed by atoms with E-state index >= 15 is 0 Å². The van der Waals surface area contributed by atoms with Crippen LogP contribution in [0.1, 0.15) is 105 Å². The van der Waals surface area contributed by atoms with Crippen LogP contribution in [-0.2, 0) is 43.0 Å². The van der Waals surface area contributed by atoms with Crippen molar-refractivity contribution in [3.63, 3.8) is 0 Å². The van der Waals surface area contributed by atoms with Crippen LogP contribution in [0.4, 0.5) is 0 Å². The molecule has 12 aliphatic carbocycles. The predicted molar refractivity (Wildman–Crippen MR) is 201 cm³/mol. The zero-order valence-corrected chi connectivity index (χ0v) is 34.1. The van der Waals surface area contributed by atoms with E-state index in [4.69, 9.17) is 14.2 Å². The Balaban J connectivity index is 1.07. The fraction of sp³-hybridized carbons (Fsp3) is 0.870. The molecule has 11 nitrogen and oxygen atoms in total. The Bertz CT molecular complexity index is 1750. The van der Waals surface area contributed by atoms with Crippen LogP contribution in [0, 0.1) is 130 Å². The highest BCUT2D eigenvalue weighted by Crippen LogP contribution is 2.69. The van der Waals surface area contributed by atoms with Gasteiger partial charge in [-0.2, -0.15) is 0 Å². The number of aliphatic hydroxyl groups is 1. The van der Waals surface area contributed by atoms with Crippen LogP contribution >= 0.6 is 0 Å². The molecule has 2 N–H and O–H groups in total. The Morgan fingerprint density at radius 3 is 1.65 bits per heavy atom. The van der Waals surface area contributed by atoms with Gasteiger partial charge >= 0.3 is 35.8 Å². The Labute approximate surface area is 335 Å². The summed E-state index contributed by atoms with van der Waals surface area (Å²) in [6, 6.07) is 0. The Hall–Kier alpha value is -2.82. The molecular weight excluding hydrogens is 728 g/mol. The number of hydrogen-bond donors (Lipinski definition) is 2. The average Bonchev–Trinajstić information content (AvgIpc) is 3.63. The summed E-state index contributed by atoms with van der Waals surface area (Å²) in [7, 11) is 0. The van der Waals surface area contributed by atoms with Gasteiger partial charge in [-0.1, -0.05) is 13.8 Å². The van der Waals surface area contributed by atoms with Crippen LogP contribution in [0.5, 0.6) is 0 Å². The van der Waals surface area contributed by atoms with Gasteiger partial charge in [0.2, 0.25) is 0 Å². The van der Waals surface area contributed by atoms with E-state index in [1.807, 2.05) is 20.8 Å². The number of carboxylic acids is 1. The number of ether oxygens (including phenoxy) is 3. The van der Waals surface area contributed by atoms with E-state index in [2.05, 4.69) is 13.8 Å². The molecule has 0 amide bonds. The number of carboxylic acid groups (broad SMARTS) is 1. The number of aliphatic hydroxyl groups excluding tert-OH is 1. The molecule has 57 heavy (non-hydrogen) atoms. The van der Waals surface area contributed by atoms with Crippen LogP contribution in [0.25, 0.3) is 0 Å². The van der Waals surface area contributed by atoms with E-state index in [1.54, 1.807) is 0 Å². The summed E-state index contributed by atoms with van der Waals surface area (Å²) in [5, 5.41) is 21.9. The zero-order valence-electron chi connectivity index (χ0n) is 34.1. The first-order valence-electron chi connectivity index (χ1n) is 22.7. The molecule has 12 saturated carbocycles. The standard InChI is InChI=1S/C46H62O11/c1-17-22-9-6-19(14-27(22)40(48)49)30(17)35-25-11-8-21(16-29(25)47)33(35)38-39(45(54)56-44(38)53)34-24-10-7-20(15-28(24)41(50)57-46(3,4)5)32(34)31-18(2)23-12-13-26(31)37-36(23)42(51)55-43(37)52/h17-39,47H,6-16H2,1-5H3,(H,48,49). The van der Waals surface area contributed by atoms with Crippen molar-refractivity contribution < 1.29 is 53.2 Å². The third-order valence-electron chi connectivity index (χ3n) is 19.1. The molecule has 0 aromatic rings. The van der Waals surface area contributed by atoms with Gasteiger partial charge in [-0.05, 0) is 186 Å². The minimum absolute atomic E-state index is 0.00236. The number of esters is 5. The zero-order chi connectivity index (χ0) is 40.1. The Kier molecular flexibility index (Phi) is 8.98. The molecule has 312 valence electrons. The van der Waals surface area contributed by atoms with E-state index in [0.29, 0.717) is 19.3 Å². The number of carbonyl (C=O) groups is 6. The van der Waals surface area contributed by atoms with Gasteiger partial charge in [-0.15, -0.1) is 0 Å². The molecule has 14 fully saturated rings. The van der Waals surface area contributed by atoms with Crippen molar-refractivity contribution in [1.82, 2.24) is 0 Å². The topological polar surface area (TPSA) is 171 Å². The van der Waals surface area contributed by atoms with E-state index < -0.39 is 71.1 Å². The maximum Gasteiger partial charge on any atom is 0.317 e. The number of rotatable bonds is 6. The summed E-state index contributed by atoms with van der Waals surface area (Å²) in [6.45, 7) is 10.0. The minimum Gasteiger partial charge on any atom is -0.481 e. The highest BCUT2D eigenvalue weighted by atomic mass is 16.6. The van der Waals surface area contributed by atoms with Crippen LogP contribution < -0.4 is 0 Å². The van der Waals surface area contributed by atoms with Gasteiger partial charge in [0.1, 0.15) is 5.60 Å². The van der Waals surface area contributed by atoms with Gasteiger partial charge in [0.25, 0.3) is 0 Å². The molecule has 0 spiro atoms. The van der Waals surface area contributed by atoms with Gasteiger partial charge in [-0.3, -0.25) is 28.8 Å². The first kappa shape index (κ1) is 38.4. The van der Waals surface area contributed by atoms with Crippen LogP contribution in [0.3, 0.4) is 0 Å². The lowest BCUT2D eigenvalue weighted by Gasteiger charge is -2.63. The highest BCUT2D eigenvalue weighted by Gasteiger charge is 2.70. The second kappa shape index (κ2) is 13.3. The van der Waals surface area contributed by atoms with Crippen molar-refractivity contribution in [2.45, 2.75) is 117 Å². The summed E-state index contributed by atoms with van der Waals surface area (Å²) in [6.07, 6.45) is 8.15. The second-order valence-corrected chi connectivity index (χ2v) is 22.0. The first-order valence-corrected chi connectivity index (χ1v) is 22.7. The van der Waals surface area contributed by atoms with Gasteiger partial charge < -0.3 is 24.4 Å². The number of aliphatic carboxylic acids is 1. The lowest BCUT2D eigenvalue weighted by molar-refractivity contribution is -0.196. The van der Waals surface area contributed by atoms with E-state index in [-0.39, 0.29) is 107 Å². The number of fused-ring (bicyclic) bond motifs is 13. The summed E-state index contributed by atoms with van der Waals surface area (Å²) < 4.78 is 17.3. The Morgan fingerprint density at radius 1 is 0.544 bits per heavy atom. The molecule has 0 aromatic carbocycles. The third-order valence-corrected chi connectivity index (χ3v) is 19.1. The number of carbonyl (C=O) groups excluding carboxylic acids is 5. The van der Waals surface area contributed by atoms with Crippen molar-refractivity contribution in [3.8, 4) is 0 Å². The smallest absolute Gasteiger partial charge is 0.317 e. The van der Waals surface area contributed by atoms with Crippen molar-refractivity contribution in [3.05, 3.63) is 0 Å².